The maximum atomic E-state index is 11.2. The molecule has 0 aliphatic heterocycles. The molecule has 0 saturated carbocycles. The Morgan fingerprint density at radius 1 is 1.26 bits per heavy atom. The van der Waals surface area contributed by atoms with Gasteiger partial charge in [0.2, 0.25) is 5.91 Å². The van der Waals surface area contributed by atoms with Crippen LogP contribution < -0.4 is 11.1 Å². The Hall–Kier alpha value is -2.20. The number of halogens is 1. The van der Waals surface area contributed by atoms with Crippen molar-refractivity contribution in [2.75, 3.05) is 5.32 Å². The summed E-state index contributed by atoms with van der Waals surface area (Å²) < 4.78 is 0. The van der Waals surface area contributed by atoms with Gasteiger partial charge in [-0.2, -0.15) is 0 Å². The number of hydrogen-bond acceptors (Lipinski definition) is 3. The van der Waals surface area contributed by atoms with Crippen LogP contribution in [0.4, 0.5) is 5.69 Å². The number of primary amides is 1. The van der Waals surface area contributed by atoms with Crippen LogP contribution in [-0.4, -0.2) is 11.0 Å². The number of nitrogens with two attached hydrogens (primary N) is 1. The van der Waals surface area contributed by atoms with E-state index in [1.165, 1.54) is 0 Å². The molecule has 5 heteroatoms. The lowest BCUT2D eigenvalue weighted by molar-refractivity contribution is 0.100. The quantitative estimate of drug-likeness (QED) is 0.804. The molecule has 2 aromatic carbocycles. The number of benzene rings is 2. The van der Waals surface area contributed by atoms with E-state index in [9.17, 15) is 9.90 Å². The first-order valence-corrected chi connectivity index (χ1v) is 6.06. The second-order valence-electron chi connectivity index (χ2n) is 4.04. The molecule has 0 atom stereocenters. The Morgan fingerprint density at radius 2 is 2.00 bits per heavy atom. The standard InChI is InChI=1S/C14H13ClN2O2/c15-12-6-5-10(7-11(12)14(16)19)17-8-9-3-1-2-4-13(9)18/h1-7,17-18H,8H2,(H2,16,19). The molecule has 4 N–H and O–H groups in total. The van der Waals surface area contributed by atoms with E-state index in [1.54, 1.807) is 30.3 Å². The molecule has 0 saturated heterocycles. The predicted molar refractivity (Wildman–Crippen MR) is 75.4 cm³/mol. The third kappa shape index (κ3) is 3.17. The molecule has 0 aliphatic rings. The molecular formula is C14H13ClN2O2. The lowest BCUT2D eigenvalue weighted by Gasteiger charge is -2.09. The first-order chi connectivity index (χ1) is 9.08. The van der Waals surface area contributed by atoms with Crippen LogP contribution in [0.1, 0.15) is 15.9 Å². The number of amides is 1. The smallest absolute Gasteiger partial charge is 0.250 e. The number of phenolic OH excluding ortho intramolecular Hbond substituents is 1. The molecule has 2 aromatic rings. The number of phenols is 1. The largest absolute Gasteiger partial charge is 0.508 e. The molecule has 4 nitrogen and oxygen atoms in total. The number of rotatable bonds is 4. The lowest BCUT2D eigenvalue weighted by atomic mass is 10.1. The fourth-order valence-corrected chi connectivity index (χ4v) is 1.89. The van der Waals surface area contributed by atoms with Crippen LogP contribution in [0.15, 0.2) is 42.5 Å². The number of carbonyl (C=O) groups excluding carboxylic acids is 1. The SMILES string of the molecule is NC(=O)c1cc(NCc2ccccc2O)ccc1Cl. The Labute approximate surface area is 115 Å². The fourth-order valence-electron chi connectivity index (χ4n) is 1.68. The summed E-state index contributed by atoms with van der Waals surface area (Å²) in [6.45, 7) is 0.437. The number of aromatic hydroxyl groups is 1. The Morgan fingerprint density at radius 3 is 2.68 bits per heavy atom. The molecule has 0 radical (unpaired) electrons. The topological polar surface area (TPSA) is 75.4 Å². The van der Waals surface area contributed by atoms with Crippen LogP contribution in [0.25, 0.3) is 0 Å². The van der Waals surface area contributed by atoms with Crippen LogP contribution in [0.5, 0.6) is 5.75 Å². The molecular weight excluding hydrogens is 264 g/mol. The van der Waals surface area contributed by atoms with Crippen molar-refractivity contribution in [1.82, 2.24) is 0 Å². The van der Waals surface area contributed by atoms with Crippen molar-refractivity contribution in [3.05, 3.63) is 58.6 Å². The average Bonchev–Trinajstić information content (AvgIpc) is 2.39. The zero-order chi connectivity index (χ0) is 13.8. The van der Waals surface area contributed by atoms with Crippen LogP contribution in [0.2, 0.25) is 5.02 Å². The fraction of sp³-hybridized carbons (Fsp3) is 0.0714. The maximum Gasteiger partial charge on any atom is 0.250 e. The molecule has 0 spiro atoms. The molecule has 1 amide bonds. The molecule has 0 unspecified atom stereocenters. The number of nitrogens with one attached hydrogen (secondary N) is 1. The van der Waals surface area contributed by atoms with Gasteiger partial charge in [0.1, 0.15) is 5.75 Å². The second kappa shape index (κ2) is 5.63. The molecule has 0 aliphatic carbocycles. The first kappa shape index (κ1) is 13.2. The summed E-state index contributed by atoms with van der Waals surface area (Å²) in [5, 5.41) is 13.1. The minimum absolute atomic E-state index is 0.221. The predicted octanol–water partition coefficient (Wildman–Crippen LogP) is 2.76. The van der Waals surface area contributed by atoms with E-state index in [0.717, 1.165) is 5.56 Å². The normalized spacial score (nSPS) is 10.2. The van der Waals surface area contributed by atoms with E-state index in [2.05, 4.69) is 5.32 Å². The van der Waals surface area contributed by atoms with Gasteiger partial charge in [-0.1, -0.05) is 29.8 Å². The molecule has 98 valence electrons. The lowest BCUT2D eigenvalue weighted by Crippen LogP contribution is -2.12. The van der Waals surface area contributed by atoms with Gasteiger partial charge in [0.15, 0.2) is 0 Å². The van der Waals surface area contributed by atoms with Crippen molar-refractivity contribution >= 4 is 23.2 Å². The minimum Gasteiger partial charge on any atom is -0.508 e. The van der Waals surface area contributed by atoms with Gasteiger partial charge in [-0.05, 0) is 24.3 Å². The Balaban J connectivity index is 2.14. The van der Waals surface area contributed by atoms with Gasteiger partial charge >= 0.3 is 0 Å². The van der Waals surface area contributed by atoms with Gasteiger partial charge in [-0.15, -0.1) is 0 Å². The van der Waals surface area contributed by atoms with E-state index in [0.29, 0.717) is 17.3 Å². The summed E-state index contributed by atoms with van der Waals surface area (Å²) in [6, 6.07) is 12.0. The first-order valence-electron chi connectivity index (χ1n) is 5.68. The van der Waals surface area contributed by atoms with E-state index in [-0.39, 0.29) is 11.3 Å². The summed E-state index contributed by atoms with van der Waals surface area (Å²) >= 11 is 5.86. The van der Waals surface area contributed by atoms with Crippen molar-refractivity contribution < 1.29 is 9.90 Å². The van der Waals surface area contributed by atoms with Crippen LogP contribution >= 0.6 is 11.6 Å². The van der Waals surface area contributed by atoms with Gasteiger partial charge in [-0.3, -0.25) is 4.79 Å². The van der Waals surface area contributed by atoms with Crippen LogP contribution in [0.3, 0.4) is 0 Å². The molecule has 0 heterocycles. The van der Waals surface area contributed by atoms with E-state index in [1.807, 2.05) is 12.1 Å². The zero-order valence-electron chi connectivity index (χ0n) is 10.1. The van der Waals surface area contributed by atoms with Gasteiger partial charge in [0.25, 0.3) is 0 Å². The van der Waals surface area contributed by atoms with Gasteiger partial charge in [0.05, 0.1) is 10.6 Å². The monoisotopic (exact) mass is 276 g/mol. The summed E-state index contributed by atoms with van der Waals surface area (Å²) in [4.78, 5) is 11.2. The molecule has 2 rings (SSSR count). The molecule has 19 heavy (non-hydrogen) atoms. The number of hydrogen-bond donors (Lipinski definition) is 3. The Bertz CT molecular complexity index is 614. The summed E-state index contributed by atoms with van der Waals surface area (Å²) in [5.74, 6) is -0.352. The highest BCUT2D eigenvalue weighted by atomic mass is 35.5. The molecule has 0 aromatic heterocycles. The molecule has 0 fully saturated rings. The maximum absolute atomic E-state index is 11.2. The van der Waals surface area contributed by atoms with Crippen molar-refractivity contribution in [1.29, 1.82) is 0 Å². The number of anilines is 1. The third-order valence-electron chi connectivity index (χ3n) is 2.71. The van der Waals surface area contributed by atoms with Crippen molar-refractivity contribution in [3.8, 4) is 5.75 Å². The Kier molecular flexibility index (Phi) is 3.92. The average molecular weight is 277 g/mol. The minimum atomic E-state index is -0.573. The summed E-state index contributed by atoms with van der Waals surface area (Å²) in [5.41, 5.74) is 6.96. The van der Waals surface area contributed by atoms with Crippen LogP contribution in [-0.2, 0) is 6.54 Å². The second-order valence-corrected chi connectivity index (χ2v) is 4.45. The zero-order valence-corrected chi connectivity index (χ0v) is 10.8. The third-order valence-corrected chi connectivity index (χ3v) is 3.04. The summed E-state index contributed by atoms with van der Waals surface area (Å²) in [7, 11) is 0. The van der Waals surface area contributed by atoms with Crippen molar-refractivity contribution in [2.24, 2.45) is 5.73 Å². The van der Waals surface area contributed by atoms with E-state index < -0.39 is 5.91 Å². The number of para-hydroxylation sites is 1. The van der Waals surface area contributed by atoms with Gasteiger partial charge in [0, 0.05) is 17.8 Å². The summed E-state index contributed by atoms with van der Waals surface area (Å²) in [6.07, 6.45) is 0. The highest BCUT2D eigenvalue weighted by Gasteiger charge is 2.07. The van der Waals surface area contributed by atoms with Gasteiger partial charge < -0.3 is 16.2 Å². The number of carbonyl (C=O) groups is 1. The van der Waals surface area contributed by atoms with Gasteiger partial charge in [-0.25, -0.2) is 0 Å². The van der Waals surface area contributed by atoms with E-state index >= 15 is 0 Å². The highest BCUT2D eigenvalue weighted by molar-refractivity contribution is 6.33. The molecule has 0 bridgehead atoms. The highest BCUT2D eigenvalue weighted by Crippen LogP contribution is 2.22. The van der Waals surface area contributed by atoms with Crippen molar-refractivity contribution in [2.45, 2.75) is 6.54 Å². The van der Waals surface area contributed by atoms with Crippen LogP contribution in [0, 0.1) is 0 Å². The van der Waals surface area contributed by atoms with E-state index in [4.69, 9.17) is 17.3 Å². The van der Waals surface area contributed by atoms with Crippen molar-refractivity contribution in [3.63, 3.8) is 0 Å².